The zero-order valence-electron chi connectivity index (χ0n) is 17.1. The molecular weight excluding hydrogens is 388 g/mol. The van der Waals surface area contributed by atoms with Gasteiger partial charge in [0.1, 0.15) is 11.8 Å². The molecule has 0 fully saturated rings. The number of hydrogen-bond donors (Lipinski definition) is 1. The molecule has 2 aromatic rings. The summed E-state index contributed by atoms with van der Waals surface area (Å²) in [4.78, 5) is 27.3. The monoisotopic (exact) mass is 416 g/mol. The second-order valence-electron chi connectivity index (χ2n) is 6.76. The molecule has 1 atom stereocenters. The van der Waals surface area contributed by atoms with E-state index in [0.717, 1.165) is 12.0 Å². The molecule has 6 heteroatoms. The smallest absolute Gasteiger partial charge is 0.261 e. The first kappa shape index (κ1) is 22.8. The highest BCUT2D eigenvalue weighted by Crippen LogP contribution is 2.23. The third kappa shape index (κ3) is 7.09. The maximum absolute atomic E-state index is 13.0. The van der Waals surface area contributed by atoms with Gasteiger partial charge in [-0.1, -0.05) is 67.9 Å². The lowest BCUT2D eigenvalue weighted by Crippen LogP contribution is -2.51. The molecule has 2 amide bonds. The molecule has 1 N–H and O–H groups in total. The van der Waals surface area contributed by atoms with Crippen molar-refractivity contribution in [3.05, 3.63) is 65.2 Å². The summed E-state index contributed by atoms with van der Waals surface area (Å²) in [6.07, 6.45) is 2.04. The Morgan fingerprint density at radius 3 is 2.41 bits per heavy atom. The quantitative estimate of drug-likeness (QED) is 0.600. The average molecular weight is 417 g/mol. The predicted molar refractivity (Wildman–Crippen MR) is 116 cm³/mol. The third-order valence-electron chi connectivity index (χ3n) is 4.61. The minimum atomic E-state index is -0.535. The minimum Gasteiger partial charge on any atom is -0.482 e. The van der Waals surface area contributed by atoms with Gasteiger partial charge in [0.2, 0.25) is 5.91 Å². The first-order valence-electron chi connectivity index (χ1n) is 10.0. The average Bonchev–Trinajstić information content (AvgIpc) is 2.74. The summed E-state index contributed by atoms with van der Waals surface area (Å²) in [6.45, 7) is 4.76. The van der Waals surface area contributed by atoms with Crippen LogP contribution < -0.4 is 10.1 Å². The predicted octanol–water partition coefficient (Wildman–Crippen LogP) is 4.09. The topological polar surface area (TPSA) is 58.6 Å². The van der Waals surface area contributed by atoms with Gasteiger partial charge >= 0.3 is 0 Å². The maximum atomic E-state index is 13.0. The van der Waals surface area contributed by atoms with Gasteiger partial charge in [-0.15, -0.1) is 0 Å². The van der Waals surface area contributed by atoms with Crippen LogP contribution in [0.5, 0.6) is 5.75 Å². The van der Waals surface area contributed by atoms with E-state index >= 15 is 0 Å². The highest BCUT2D eigenvalue weighted by atomic mass is 35.5. The SMILES string of the molecule is CCCNC(=O)[C@@H](CC)N(CCc1ccccc1)C(=O)COc1ccccc1Cl. The van der Waals surface area contributed by atoms with Crippen LogP contribution >= 0.6 is 11.6 Å². The van der Waals surface area contributed by atoms with Crippen LogP contribution in [-0.4, -0.2) is 42.5 Å². The molecule has 156 valence electrons. The molecule has 0 heterocycles. The van der Waals surface area contributed by atoms with Crippen molar-refractivity contribution in [1.82, 2.24) is 10.2 Å². The van der Waals surface area contributed by atoms with Crippen molar-refractivity contribution in [2.75, 3.05) is 19.7 Å². The van der Waals surface area contributed by atoms with E-state index in [-0.39, 0.29) is 18.4 Å². The number of para-hydroxylation sites is 1. The summed E-state index contributed by atoms with van der Waals surface area (Å²) in [5.41, 5.74) is 1.11. The lowest BCUT2D eigenvalue weighted by molar-refractivity contribution is -0.142. The van der Waals surface area contributed by atoms with Gasteiger partial charge in [-0.25, -0.2) is 0 Å². The van der Waals surface area contributed by atoms with Gasteiger partial charge in [-0.05, 0) is 37.0 Å². The first-order valence-corrected chi connectivity index (χ1v) is 10.4. The van der Waals surface area contributed by atoms with Crippen molar-refractivity contribution in [2.45, 2.75) is 39.2 Å². The Morgan fingerprint density at radius 2 is 1.76 bits per heavy atom. The Labute approximate surface area is 178 Å². The molecule has 0 aliphatic rings. The molecule has 0 aromatic heterocycles. The molecule has 5 nitrogen and oxygen atoms in total. The van der Waals surface area contributed by atoms with Crippen LogP contribution in [-0.2, 0) is 16.0 Å². The summed E-state index contributed by atoms with van der Waals surface area (Å²) in [6, 6.07) is 16.4. The van der Waals surface area contributed by atoms with Crippen molar-refractivity contribution in [2.24, 2.45) is 0 Å². The molecule has 2 rings (SSSR count). The number of rotatable bonds is 11. The summed E-state index contributed by atoms with van der Waals surface area (Å²) in [7, 11) is 0. The standard InChI is InChI=1S/C23H29ClN2O3/c1-3-15-25-23(28)20(4-2)26(16-14-18-10-6-5-7-11-18)22(27)17-29-21-13-9-8-12-19(21)24/h5-13,20H,3-4,14-17H2,1-2H3,(H,25,28)/t20-/m1/s1. The lowest BCUT2D eigenvalue weighted by atomic mass is 10.1. The van der Waals surface area contributed by atoms with E-state index < -0.39 is 6.04 Å². The second kappa shape index (κ2) is 12.1. The van der Waals surface area contributed by atoms with E-state index in [1.165, 1.54) is 0 Å². The van der Waals surface area contributed by atoms with Crippen molar-refractivity contribution < 1.29 is 14.3 Å². The molecule has 0 saturated heterocycles. The van der Waals surface area contributed by atoms with Gasteiger partial charge in [0.05, 0.1) is 5.02 Å². The van der Waals surface area contributed by atoms with Crippen molar-refractivity contribution in [3.63, 3.8) is 0 Å². The molecule has 0 bridgehead atoms. The van der Waals surface area contributed by atoms with Crippen LogP contribution in [0.4, 0.5) is 0 Å². The Morgan fingerprint density at radius 1 is 1.07 bits per heavy atom. The van der Waals surface area contributed by atoms with Gasteiger partial charge in [-0.2, -0.15) is 0 Å². The van der Waals surface area contributed by atoms with E-state index in [2.05, 4.69) is 5.32 Å². The van der Waals surface area contributed by atoms with Crippen molar-refractivity contribution in [3.8, 4) is 5.75 Å². The molecule has 0 unspecified atom stereocenters. The largest absolute Gasteiger partial charge is 0.482 e. The van der Waals surface area contributed by atoms with E-state index in [0.29, 0.717) is 36.7 Å². The molecule has 0 spiro atoms. The zero-order chi connectivity index (χ0) is 21.1. The Hall–Kier alpha value is -2.53. The summed E-state index contributed by atoms with van der Waals surface area (Å²) in [5, 5.41) is 3.35. The van der Waals surface area contributed by atoms with Gasteiger partial charge in [0.15, 0.2) is 6.61 Å². The van der Waals surface area contributed by atoms with Crippen molar-refractivity contribution in [1.29, 1.82) is 0 Å². The summed E-state index contributed by atoms with van der Waals surface area (Å²) >= 11 is 6.11. The van der Waals surface area contributed by atoms with Crippen LogP contribution in [0.2, 0.25) is 5.02 Å². The molecule has 0 saturated carbocycles. The molecule has 2 aromatic carbocycles. The van der Waals surface area contributed by atoms with Crippen LogP contribution in [0.3, 0.4) is 0 Å². The minimum absolute atomic E-state index is 0.131. The van der Waals surface area contributed by atoms with Gasteiger partial charge in [0, 0.05) is 13.1 Å². The fourth-order valence-corrected chi connectivity index (χ4v) is 3.24. The lowest BCUT2D eigenvalue weighted by Gasteiger charge is -2.30. The van der Waals surface area contributed by atoms with Crippen LogP contribution in [0, 0.1) is 0 Å². The van der Waals surface area contributed by atoms with Gasteiger partial charge in [-0.3, -0.25) is 9.59 Å². The second-order valence-corrected chi connectivity index (χ2v) is 7.16. The number of nitrogens with one attached hydrogen (secondary N) is 1. The summed E-state index contributed by atoms with van der Waals surface area (Å²) in [5.74, 6) is 0.0851. The molecule has 0 radical (unpaired) electrons. The first-order chi connectivity index (χ1) is 14.1. The van der Waals surface area contributed by atoms with E-state index in [4.69, 9.17) is 16.3 Å². The Bertz CT molecular complexity index is 783. The molecule has 0 aliphatic heterocycles. The van der Waals surface area contributed by atoms with Crippen LogP contribution in [0.25, 0.3) is 0 Å². The number of carbonyl (C=O) groups is 2. The number of nitrogens with zero attached hydrogens (tertiary/aromatic N) is 1. The zero-order valence-corrected chi connectivity index (χ0v) is 17.8. The van der Waals surface area contributed by atoms with Gasteiger partial charge < -0.3 is 15.0 Å². The maximum Gasteiger partial charge on any atom is 0.261 e. The normalized spacial score (nSPS) is 11.6. The van der Waals surface area contributed by atoms with Crippen molar-refractivity contribution >= 4 is 23.4 Å². The number of halogens is 1. The van der Waals surface area contributed by atoms with Crippen LogP contribution in [0.1, 0.15) is 32.3 Å². The fraction of sp³-hybridized carbons (Fsp3) is 0.391. The van der Waals surface area contributed by atoms with E-state index in [9.17, 15) is 9.59 Å². The number of ether oxygens (including phenoxy) is 1. The third-order valence-corrected chi connectivity index (χ3v) is 4.92. The number of amides is 2. The van der Waals surface area contributed by atoms with Gasteiger partial charge in [0.25, 0.3) is 5.91 Å². The Kier molecular flexibility index (Phi) is 9.51. The van der Waals surface area contributed by atoms with E-state index in [1.807, 2.05) is 44.2 Å². The fourth-order valence-electron chi connectivity index (χ4n) is 3.05. The Balaban J connectivity index is 2.11. The molecule has 0 aliphatic carbocycles. The molecule has 29 heavy (non-hydrogen) atoms. The highest BCUT2D eigenvalue weighted by molar-refractivity contribution is 6.32. The van der Waals surface area contributed by atoms with Crippen LogP contribution in [0.15, 0.2) is 54.6 Å². The molecular formula is C23H29ClN2O3. The number of hydrogen-bond acceptors (Lipinski definition) is 3. The number of carbonyl (C=O) groups excluding carboxylic acids is 2. The number of benzene rings is 2. The highest BCUT2D eigenvalue weighted by Gasteiger charge is 2.28. The van der Waals surface area contributed by atoms with E-state index in [1.54, 1.807) is 29.2 Å². The summed E-state index contributed by atoms with van der Waals surface area (Å²) < 4.78 is 5.63.